The molecule has 0 unspecified atom stereocenters. The summed E-state index contributed by atoms with van der Waals surface area (Å²) in [6, 6.07) is 16.5. The third kappa shape index (κ3) is 9.69. The SMILES string of the molecule is CCNC(=NCc1ccccc1CN1CCOCC1)NCCc1ccc(NC(C)=O)cc1.I. The number of nitrogens with zero attached hydrogens (tertiary/aromatic N) is 2. The Morgan fingerprint density at radius 2 is 1.73 bits per heavy atom. The predicted molar refractivity (Wildman–Crippen MR) is 145 cm³/mol. The van der Waals surface area contributed by atoms with Crippen molar-refractivity contribution < 1.29 is 9.53 Å². The smallest absolute Gasteiger partial charge is 0.221 e. The van der Waals surface area contributed by atoms with Gasteiger partial charge in [0.2, 0.25) is 5.91 Å². The molecule has 1 saturated heterocycles. The molecule has 180 valence electrons. The van der Waals surface area contributed by atoms with Gasteiger partial charge in [0.15, 0.2) is 5.96 Å². The number of nitrogens with one attached hydrogen (secondary N) is 3. The topological polar surface area (TPSA) is 78.0 Å². The van der Waals surface area contributed by atoms with Crippen LogP contribution >= 0.6 is 24.0 Å². The zero-order valence-electron chi connectivity index (χ0n) is 19.6. The monoisotopic (exact) mass is 565 g/mol. The zero-order chi connectivity index (χ0) is 22.6. The van der Waals surface area contributed by atoms with E-state index in [-0.39, 0.29) is 29.9 Å². The Morgan fingerprint density at radius 1 is 1.03 bits per heavy atom. The highest BCUT2D eigenvalue weighted by atomic mass is 127. The maximum Gasteiger partial charge on any atom is 0.221 e. The summed E-state index contributed by atoms with van der Waals surface area (Å²) in [5.74, 6) is 0.765. The number of anilines is 1. The first-order valence-electron chi connectivity index (χ1n) is 11.4. The summed E-state index contributed by atoms with van der Waals surface area (Å²) in [5.41, 5.74) is 4.61. The van der Waals surface area contributed by atoms with Crippen LogP contribution in [0.2, 0.25) is 0 Å². The summed E-state index contributed by atoms with van der Waals surface area (Å²) in [5, 5.41) is 9.56. The van der Waals surface area contributed by atoms with Crippen molar-refractivity contribution >= 4 is 41.5 Å². The number of hydrogen-bond donors (Lipinski definition) is 3. The molecule has 1 fully saturated rings. The molecule has 1 amide bonds. The first-order chi connectivity index (χ1) is 15.6. The Kier molecular flexibility index (Phi) is 12.2. The van der Waals surface area contributed by atoms with E-state index in [1.165, 1.54) is 23.6 Å². The van der Waals surface area contributed by atoms with Crippen LogP contribution in [0.3, 0.4) is 0 Å². The van der Waals surface area contributed by atoms with Crippen molar-refractivity contribution in [2.24, 2.45) is 4.99 Å². The van der Waals surface area contributed by atoms with E-state index in [0.29, 0.717) is 6.54 Å². The molecule has 2 aromatic rings. The second-order valence-corrected chi connectivity index (χ2v) is 7.91. The third-order valence-corrected chi connectivity index (χ3v) is 5.35. The number of carbonyl (C=O) groups is 1. The number of hydrogen-bond acceptors (Lipinski definition) is 4. The van der Waals surface area contributed by atoms with E-state index >= 15 is 0 Å². The molecule has 0 bridgehead atoms. The van der Waals surface area contributed by atoms with E-state index in [9.17, 15) is 4.79 Å². The minimum absolute atomic E-state index is 0. The van der Waals surface area contributed by atoms with Crippen LogP contribution < -0.4 is 16.0 Å². The highest BCUT2D eigenvalue weighted by Gasteiger charge is 2.12. The predicted octanol–water partition coefficient (Wildman–Crippen LogP) is 3.39. The molecule has 1 heterocycles. The molecule has 3 rings (SSSR count). The number of guanidine groups is 1. The summed E-state index contributed by atoms with van der Waals surface area (Å²) in [7, 11) is 0. The van der Waals surface area contributed by atoms with Gasteiger partial charge in [-0.1, -0.05) is 36.4 Å². The quantitative estimate of drug-likeness (QED) is 0.247. The van der Waals surface area contributed by atoms with Crippen molar-refractivity contribution in [2.75, 3.05) is 44.7 Å². The molecule has 1 aliphatic rings. The summed E-state index contributed by atoms with van der Waals surface area (Å²) >= 11 is 0. The fourth-order valence-electron chi connectivity index (χ4n) is 3.66. The fourth-order valence-corrected chi connectivity index (χ4v) is 3.66. The molecule has 1 aliphatic heterocycles. The van der Waals surface area contributed by atoms with E-state index in [2.05, 4.69) is 52.0 Å². The normalized spacial score (nSPS) is 14.3. The largest absolute Gasteiger partial charge is 0.379 e. The lowest BCUT2D eigenvalue weighted by molar-refractivity contribution is -0.114. The van der Waals surface area contributed by atoms with Crippen LogP contribution in [-0.4, -0.2) is 56.2 Å². The van der Waals surface area contributed by atoms with Gasteiger partial charge >= 0.3 is 0 Å². The number of benzene rings is 2. The van der Waals surface area contributed by atoms with Gasteiger partial charge in [-0.2, -0.15) is 0 Å². The van der Waals surface area contributed by atoms with Crippen LogP contribution in [0.4, 0.5) is 5.69 Å². The molecule has 0 radical (unpaired) electrons. The van der Waals surface area contributed by atoms with Crippen LogP contribution in [-0.2, 0) is 29.0 Å². The minimum atomic E-state index is -0.0579. The zero-order valence-corrected chi connectivity index (χ0v) is 21.9. The minimum Gasteiger partial charge on any atom is -0.379 e. The Balaban J connectivity index is 0.00000385. The lowest BCUT2D eigenvalue weighted by Crippen LogP contribution is -2.38. The summed E-state index contributed by atoms with van der Waals surface area (Å²) < 4.78 is 5.47. The van der Waals surface area contributed by atoms with Crippen molar-refractivity contribution in [3.63, 3.8) is 0 Å². The molecular weight excluding hydrogens is 529 g/mol. The molecular formula is C25H36IN5O2. The maximum atomic E-state index is 11.1. The van der Waals surface area contributed by atoms with Gasteiger partial charge < -0.3 is 20.7 Å². The van der Waals surface area contributed by atoms with Crippen LogP contribution in [0, 0.1) is 0 Å². The maximum absolute atomic E-state index is 11.1. The molecule has 0 atom stereocenters. The highest BCUT2D eigenvalue weighted by Crippen LogP contribution is 2.14. The molecule has 7 nitrogen and oxygen atoms in total. The average Bonchev–Trinajstić information content (AvgIpc) is 2.80. The van der Waals surface area contributed by atoms with E-state index in [1.807, 2.05) is 24.3 Å². The molecule has 0 aromatic heterocycles. The first-order valence-corrected chi connectivity index (χ1v) is 11.4. The number of amides is 1. The average molecular weight is 566 g/mol. The lowest BCUT2D eigenvalue weighted by atomic mass is 10.1. The van der Waals surface area contributed by atoms with Crippen molar-refractivity contribution in [1.29, 1.82) is 0 Å². The van der Waals surface area contributed by atoms with Crippen LogP contribution in [0.5, 0.6) is 0 Å². The van der Waals surface area contributed by atoms with E-state index in [4.69, 9.17) is 9.73 Å². The van der Waals surface area contributed by atoms with Crippen molar-refractivity contribution in [2.45, 2.75) is 33.4 Å². The number of carbonyl (C=O) groups excluding carboxylic acids is 1. The first kappa shape index (κ1) is 27.1. The van der Waals surface area contributed by atoms with Gasteiger partial charge in [0.05, 0.1) is 19.8 Å². The van der Waals surface area contributed by atoms with Gasteiger partial charge in [-0.3, -0.25) is 9.69 Å². The second-order valence-electron chi connectivity index (χ2n) is 7.91. The van der Waals surface area contributed by atoms with Crippen LogP contribution in [0.1, 0.15) is 30.5 Å². The highest BCUT2D eigenvalue weighted by molar-refractivity contribution is 14.0. The lowest BCUT2D eigenvalue weighted by Gasteiger charge is -2.27. The summed E-state index contributed by atoms with van der Waals surface area (Å²) in [6.45, 7) is 10.3. The van der Waals surface area contributed by atoms with E-state index < -0.39 is 0 Å². The van der Waals surface area contributed by atoms with Crippen molar-refractivity contribution in [1.82, 2.24) is 15.5 Å². The van der Waals surface area contributed by atoms with Gasteiger partial charge in [0.25, 0.3) is 0 Å². The number of aliphatic imine (C=N–C) groups is 1. The summed E-state index contributed by atoms with van der Waals surface area (Å²) in [6.07, 6.45) is 0.873. The number of morpholine rings is 1. The number of halogens is 1. The molecule has 0 spiro atoms. The number of ether oxygens (including phenoxy) is 1. The van der Waals surface area contributed by atoms with Gasteiger partial charge in [-0.15, -0.1) is 24.0 Å². The van der Waals surface area contributed by atoms with Crippen molar-refractivity contribution in [3.8, 4) is 0 Å². The number of rotatable bonds is 9. The Bertz CT molecular complexity index is 883. The molecule has 8 heteroatoms. The third-order valence-electron chi connectivity index (χ3n) is 5.35. The molecule has 3 N–H and O–H groups in total. The van der Waals surface area contributed by atoms with Crippen LogP contribution in [0.25, 0.3) is 0 Å². The molecule has 0 aliphatic carbocycles. The fraction of sp³-hybridized carbons (Fsp3) is 0.440. The van der Waals surface area contributed by atoms with Gasteiger partial charge in [-0.25, -0.2) is 4.99 Å². The van der Waals surface area contributed by atoms with Gasteiger partial charge in [-0.05, 0) is 42.2 Å². The molecule has 0 saturated carbocycles. The van der Waals surface area contributed by atoms with Crippen LogP contribution in [0.15, 0.2) is 53.5 Å². The summed E-state index contributed by atoms with van der Waals surface area (Å²) in [4.78, 5) is 18.4. The second kappa shape index (κ2) is 14.9. The molecule has 2 aromatic carbocycles. The van der Waals surface area contributed by atoms with Crippen molar-refractivity contribution in [3.05, 3.63) is 65.2 Å². The standard InChI is InChI=1S/C25H35N5O2.HI/c1-3-26-25(27-13-12-21-8-10-24(11-9-21)29-20(2)31)28-18-22-6-4-5-7-23(22)19-30-14-16-32-17-15-30;/h4-11H,3,12-19H2,1-2H3,(H,29,31)(H2,26,27,28);1H. The van der Waals surface area contributed by atoms with Gasteiger partial charge in [0.1, 0.15) is 0 Å². The Hall–Kier alpha value is -2.17. The Labute approximate surface area is 214 Å². The Morgan fingerprint density at radius 3 is 2.39 bits per heavy atom. The van der Waals surface area contributed by atoms with E-state index in [1.54, 1.807) is 0 Å². The molecule has 33 heavy (non-hydrogen) atoms. The van der Waals surface area contributed by atoms with E-state index in [0.717, 1.165) is 64.0 Å². The van der Waals surface area contributed by atoms with Gasteiger partial charge in [0, 0.05) is 45.3 Å².